The summed E-state index contributed by atoms with van der Waals surface area (Å²) >= 11 is 1.12. The van der Waals surface area contributed by atoms with Crippen LogP contribution in [0.25, 0.3) is 10.1 Å². The minimum absolute atomic E-state index is 0.0545. The molecule has 2 aromatic rings. The summed E-state index contributed by atoms with van der Waals surface area (Å²) in [5, 5.41) is 18.2. The van der Waals surface area contributed by atoms with E-state index in [1.54, 1.807) is 6.07 Å². The van der Waals surface area contributed by atoms with Gasteiger partial charge in [-0.3, -0.25) is 9.59 Å². The summed E-state index contributed by atoms with van der Waals surface area (Å²) in [5.41, 5.74) is 0.370. The number of ether oxygens (including phenoxy) is 1. The van der Waals surface area contributed by atoms with Gasteiger partial charge in [0.25, 0.3) is 0 Å². The number of aliphatic hydroxyl groups excluding tert-OH is 1. The predicted molar refractivity (Wildman–Crippen MR) is 89.5 cm³/mol. The van der Waals surface area contributed by atoms with Gasteiger partial charge in [0.05, 0.1) is 17.9 Å². The van der Waals surface area contributed by atoms with Crippen molar-refractivity contribution in [1.29, 1.82) is 0 Å². The number of thiophene rings is 1. The molecule has 24 heavy (non-hydrogen) atoms. The van der Waals surface area contributed by atoms with Crippen LogP contribution in [-0.4, -0.2) is 35.7 Å². The third kappa shape index (κ3) is 3.73. The molecule has 0 spiro atoms. The van der Waals surface area contributed by atoms with E-state index in [2.05, 4.69) is 0 Å². The first-order chi connectivity index (χ1) is 11.4. The average Bonchev–Trinajstić information content (AvgIpc) is 2.98. The van der Waals surface area contributed by atoms with E-state index in [0.717, 1.165) is 11.3 Å². The molecule has 0 bridgehead atoms. The van der Waals surface area contributed by atoms with Gasteiger partial charge in [-0.15, -0.1) is 11.3 Å². The first-order valence-corrected chi connectivity index (χ1v) is 8.36. The minimum atomic E-state index is -1.04. The summed E-state index contributed by atoms with van der Waals surface area (Å²) in [5.74, 6) is -2.22. The van der Waals surface area contributed by atoms with Crippen molar-refractivity contribution in [2.24, 2.45) is 5.92 Å². The number of carboxylic acids is 1. The molecule has 1 atom stereocenters. The highest BCUT2D eigenvalue weighted by atomic mass is 32.1. The lowest BCUT2D eigenvalue weighted by Gasteiger charge is -2.10. The molecule has 0 aliphatic rings. The van der Waals surface area contributed by atoms with Crippen molar-refractivity contribution in [3.05, 3.63) is 28.4 Å². The van der Waals surface area contributed by atoms with Crippen molar-refractivity contribution < 1.29 is 28.9 Å². The van der Waals surface area contributed by atoms with Gasteiger partial charge < -0.3 is 14.9 Å². The van der Waals surface area contributed by atoms with E-state index in [-0.39, 0.29) is 18.8 Å². The number of fused-ring (bicyclic) bond motifs is 1. The molecule has 0 saturated heterocycles. The van der Waals surface area contributed by atoms with Gasteiger partial charge in [-0.05, 0) is 25.0 Å². The third-order valence-electron chi connectivity index (χ3n) is 3.81. The molecule has 7 heteroatoms. The van der Waals surface area contributed by atoms with E-state index in [9.17, 15) is 14.0 Å². The number of hydrogen-bond acceptors (Lipinski definition) is 5. The maximum Gasteiger partial charge on any atom is 0.306 e. The highest BCUT2D eigenvalue weighted by molar-refractivity contribution is 7.20. The van der Waals surface area contributed by atoms with Crippen LogP contribution in [0.3, 0.4) is 0 Å². The number of Topliss-reactive ketones (excluding diaryl/α,β-unsaturated/α-hetero) is 1. The Bertz CT molecular complexity index is 768. The molecule has 0 aliphatic heterocycles. The van der Waals surface area contributed by atoms with Crippen LogP contribution in [0.5, 0.6) is 5.75 Å². The normalized spacial score (nSPS) is 12.3. The zero-order valence-corrected chi connectivity index (χ0v) is 14.3. The number of carbonyl (C=O) groups excluding carboxylic acids is 1. The molecule has 0 aliphatic carbocycles. The number of carboxylic acid groups (broad SMARTS) is 1. The van der Waals surface area contributed by atoms with E-state index < -0.39 is 17.7 Å². The summed E-state index contributed by atoms with van der Waals surface area (Å²) in [6.07, 6.45) is 0.611. The Kier molecular flexibility index (Phi) is 5.90. The standard InChI is InChI=1S/C17H19FO5S/c1-9(17(21)22)6-12(20)15-7-11-14(24-15)8-13(23-2)10(16(11)18)4-3-5-19/h7-9,19H,3-6H2,1-2H3,(H,21,22). The van der Waals surface area contributed by atoms with Crippen LogP contribution in [0.15, 0.2) is 12.1 Å². The zero-order valence-electron chi connectivity index (χ0n) is 13.5. The van der Waals surface area contributed by atoms with Gasteiger partial charge in [-0.25, -0.2) is 4.39 Å². The fourth-order valence-corrected chi connectivity index (χ4v) is 3.47. The number of aliphatic carboxylic acids is 1. The highest BCUT2D eigenvalue weighted by Crippen LogP contribution is 2.36. The van der Waals surface area contributed by atoms with Crippen LogP contribution in [0.2, 0.25) is 0 Å². The minimum Gasteiger partial charge on any atom is -0.496 e. The van der Waals surface area contributed by atoms with E-state index in [4.69, 9.17) is 14.9 Å². The number of aliphatic hydroxyl groups is 1. The Labute approximate surface area is 142 Å². The van der Waals surface area contributed by atoms with Gasteiger partial charge >= 0.3 is 5.97 Å². The summed E-state index contributed by atoms with van der Waals surface area (Å²) in [6, 6.07) is 3.14. The summed E-state index contributed by atoms with van der Waals surface area (Å²) < 4.78 is 20.5. The van der Waals surface area contributed by atoms with Crippen LogP contribution < -0.4 is 4.74 Å². The van der Waals surface area contributed by atoms with Crippen molar-refractivity contribution >= 4 is 33.2 Å². The zero-order chi connectivity index (χ0) is 17.9. The SMILES string of the molecule is COc1cc2sc(C(=O)CC(C)C(=O)O)cc2c(F)c1CCCO. The lowest BCUT2D eigenvalue weighted by molar-refractivity contribution is -0.141. The van der Waals surface area contributed by atoms with Gasteiger partial charge in [0, 0.05) is 28.7 Å². The second-order valence-corrected chi connectivity index (χ2v) is 6.67. The van der Waals surface area contributed by atoms with E-state index >= 15 is 0 Å². The first kappa shape index (κ1) is 18.4. The third-order valence-corrected chi connectivity index (χ3v) is 4.94. The second kappa shape index (κ2) is 7.72. The number of methoxy groups -OCH3 is 1. The predicted octanol–water partition coefficient (Wildman–Crippen LogP) is 3.27. The Balaban J connectivity index is 2.41. The van der Waals surface area contributed by atoms with Crippen molar-refractivity contribution in [3.63, 3.8) is 0 Å². The quantitative estimate of drug-likeness (QED) is 0.711. The van der Waals surface area contributed by atoms with Crippen LogP contribution >= 0.6 is 11.3 Å². The second-order valence-electron chi connectivity index (χ2n) is 5.59. The van der Waals surface area contributed by atoms with Crippen LogP contribution in [0.1, 0.15) is 35.0 Å². The van der Waals surface area contributed by atoms with Crippen molar-refractivity contribution in [3.8, 4) is 5.75 Å². The molecule has 0 radical (unpaired) electrons. The van der Waals surface area contributed by atoms with Crippen molar-refractivity contribution in [2.75, 3.05) is 13.7 Å². The lowest BCUT2D eigenvalue weighted by Crippen LogP contribution is -2.13. The first-order valence-electron chi connectivity index (χ1n) is 7.54. The molecule has 5 nitrogen and oxygen atoms in total. The molecule has 1 aromatic heterocycles. The van der Waals surface area contributed by atoms with Gasteiger partial charge in [0.15, 0.2) is 5.78 Å². The molecule has 2 N–H and O–H groups in total. The number of benzene rings is 1. The molecular formula is C17H19FO5S. The molecule has 1 aromatic carbocycles. The summed E-state index contributed by atoms with van der Waals surface area (Å²) in [4.78, 5) is 23.4. The van der Waals surface area contributed by atoms with E-state index in [0.29, 0.717) is 39.1 Å². The topological polar surface area (TPSA) is 83.8 Å². The monoisotopic (exact) mass is 354 g/mol. The van der Waals surface area contributed by atoms with E-state index in [1.807, 2.05) is 0 Å². The summed E-state index contributed by atoms with van der Waals surface area (Å²) in [7, 11) is 1.44. The van der Waals surface area contributed by atoms with Gasteiger partial charge in [0.1, 0.15) is 11.6 Å². The Morgan fingerprint density at radius 3 is 2.67 bits per heavy atom. The highest BCUT2D eigenvalue weighted by Gasteiger charge is 2.21. The Morgan fingerprint density at radius 1 is 1.38 bits per heavy atom. The molecule has 1 heterocycles. The summed E-state index contributed by atoms with van der Waals surface area (Å²) in [6.45, 7) is 1.41. The Hall–Kier alpha value is -1.99. The fourth-order valence-electron chi connectivity index (χ4n) is 2.44. The molecule has 0 amide bonds. The number of rotatable bonds is 8. The van der Waals surface area contributed by atoms with Gasteiger partial charge in [-0.1, -0.05) is 6.92 Å². The van der Waals surface area contributed by atoms with Crippen LogP contribution in [0, 0.1) is 11.7 Å². The van der Waals surface area contributed by atoms with Crippen molar-refractivity contribution in [2.45, 2.75) is 26.2 Å². The maximum atomic E-state index is 14.7. The number of carbonyl (C=O) groups is 2. The van der Waals surface area contributed by atoms with Crippen LogP contribution in [-0.2, 0) is 11.2 Å². The molecule has 2 rings (SSSR count). The fraction of sp³-hybridized carbons (Fsp3) is 0.412. The number of hydrogen-bond donors (Lipinski definition) is 2. The average molecular weight is 354 g/mol. The van der Waals surface area contributed by atoms with Crippen molar-refractivity contribution in [1.82, 2.24) is 0 Å². The maximum absolute atomic E-state index is 14.7. The Morgan fingerprint density at radius 2 is 2.08 bits per heavy atom. The molecule has 0 fully saturated rings. The number of ketones is 1. The van der Waals surface area contributed by atoms with Gasteiger partial charge in [-0.2, -0.15) is 0 Å². The molecule has 0 saturated carbocycles. The molecule has 130 valence electrons. The van der Waals surface area contributed by atoms with E-state index in [1.165, 1.54) is 20.1 Å². The molecular weight excluding hydrogens is 335 g/mol. The van der Waals surface area contributed by atoms with Gasteiger partial charge in [0.2, 0.25) is 0 Å². The number of halogens is 1. The largest absolute Gasteiger partial charge is 0.496 e. The molecule has 1 unspecified atom stereocenters. The van der Waals surface area contributed by atoms with Crippen LogP contribution in [0.4, 0.5) is 4.39 Å². The smallest absolute Gasteiger partial charge is 0.306 e. The lowest BCUT2D eigenvalue weighted by atomic mass is 10.0.